The fourth-order valence-electron chi connectivity index (χ4n) is 2.39. The van der Waals surface area contributed by atoms with Gasteiger partial charge in [-0.05, 0) is 31.4 Å². The lowest BCUT2D eigenvalue weighted by Crippen LogP contribution is -2.13. The van der Waals surface area contributed by atoms with Crippen LogP contribution in [0.25, 0.3) is 12.2 Å². The van der Waals surface area contributed by atoms with E-state index in [2.05, 4.69) is 19.9 Å². The Morgan fingerprint density at radius 2 is 1.65 bits per heavy atom. The minimum absolute atomic E-state index is 0.0188. The molecular weight excluding hydrogens is 292 g/mol. The van der Waals surface area contributed by atoms with Crippen molar-refractivity contribution in [1.82, 2.24) is 19.9 Å². The van der Waals surface area contributed by atoms with Crippen LogP contribution in [0.5, 0.6) is 0 Å². The maximum absolute atomic E-state index is 12.6. The maximum Gasteiger partial charge on any atom is 0.185 e. The summed E-state index contributed by atoms with van der Waals surface area (Å²) in [5.41, 5.74) is 14.3. The molecule has 0 bridgehead atoms. The number of Topliss-reactive ketones (excluding diaryl/α,β-unsaturated/α-hetero) is 1. The van der Waals surface area contributed by atoms with Crippen LogP contribution in [-0.2, 0) is 4.79 Å². The van der Waals surface area contributed by atoms with Gasteiger partial charge in [0.15, 0.2) is 11.6 Å². The molecule has 0 radical (unpaired) electrons. The van der Waals surface area contributed by atoms with E-state index >= 15 is 0 Å². The summed E-state index contributed by atoms with van der Waals surface area (Å²) in [6.07, 6.45) is 11.7. The smallest absolute Gasteiger partial charge is 0.185 e. The van der Waals surface area contributed by atoms with E-state index in [0.717, 1.165) is 6.42 Å². The zero-order chi connectivity index (χ0) is 16.2. The first kappa shape index (κ1) is 14.8. The standard InChI is InChI=1S/C16H16N6O/c17-12-6-20-15(21-7-12)5-11-3-1-2-10(16(11)23)4-14-13(18)8-19-9-22-14/h4-9H,1-3,17-18H2. The summed E-state index contributed by atoms with van der Waals surface area (Å²) in [5.74, 6) is 0.458. The van der Waals surface area contributed by atoms with Crippen molar-refractivity contribution in [1.29, 1.82) is 0 Å². The fraction of sp³-hybridized carbons (Fsp3) is 0.188. The van der Waals surface area contributed by atoms with Crippen molar-refractivity contribution in [3.63, 3.8) is 0 Å². The Kier molecular flexibility index (Phi) is 4.09. The molecule has 0 aromatic carbocycles. The summed E-state index contributed by atoms with van der Waals surface area (Å²) >= 11 is 0. The Morgan fingerprint density at radius 1 is 0.957 bits per heavy atom. The molecule has 4 N–H and O–H groups in total. The molecule has 0 saturated heterocycles. The molecule has 3 rings (SSSR count). The van der Waals surface area contributed by atoms with Gasteiger partial charge in [-0.3, -0.25) is 4.79 Å². The molecule has 7 heteroatoms. The molecule has 1 aliphatic rings. The summed E-state index contributed by atoms with van der Waals surface area (Å²) in [6, 6.07) is 0. The Morgan fingerprint density at radius 3 is 2.35 bits per heavy atom. The zero-order valence-electron chi connectivity index (χ0n) is 12.4. The Balaban J connectivity index is 1.89. The Labute approximate surface area is 133 Å². The predicted octanol–water partition coefficient (Wildman–Crippen LogP) is 1.65. The number of nitrogens with two attached hydrogens (primary N) is 2. The molecule has 23 heavy (non-hydrogen) atoms. The van der Waals surface area contributed by atoms with Crippen LogP contribution in [0.3, 0.4) is 0 Å². The first-order valence-corrected chi connectivity index (χ1v) is 7.22. The number of allylic oxidation sites excluding steroid dienone is 2. The lowest BCUT2D eigenvalue weighted by molar-refractivity contribution is -0.112. The van der Waals surface area contributed by atoms with Gasteiger partial charge >= 0.3 is 0 Å². The third-order valence-corrected chi connectivity index (χ3v) is 3.55. The summed E-state index contributed by atoms with van der Waals surface area (Å²) in [4.78, 5) is 28.8. The van der Waals surface area contributed by atoms with Crippen LogP contribution in [0.2, 0.25) is 0 Å². The van der Waals surface area contributed by atoms with Gasteiger partial charge in [-0.2, -0.15) is 0 Å². The van der Waals surface area contributed by atoms with E-state index in [9.17, 15) is 4.79 Å². The van der Waals surface area contributed by atoms with Crippen molar-refractivity contribution in [2.24, 2.45) is 0 Å². The fourth-order valence-corrected chi connectivity index (χ4v) is 2.39. The van der Waals surface area contributed by atoms with E-state index in [1.54, 1.807) is 12.2 Å². The number of hydrogen-bond acceptors (Lipinski definition) is 7. The second-order valence-electron chi connectivity index (χ2n) is 5.26. The number of nitrogen functional groups attached to an aromatic ring is 2. The van der Waals surface area contributed by atoms with E-state index in [-0.39, 0.29) is 5.78 Å². The number of aromatic nitrogens is 4. The molecule has 0 spiro atoms. The van der Waals surface area contributed by atoms with Gasteiger partial charge in [-0.1, -0.05) is 0 Å². The van der Waals surface area contributed by atoms with Crippen molar-refractivity contribution in [2.75, 3.05) is 11.5 Å². The van der Waals surface area contributed by atoms with Crippen molar-refractivity contribution in [3.05, 3.63) is 47.6 Å². The topological polar surface area (TPSA) is 121 Å². The molecule has 2 aromatic heterocycles. The normalized spacial score (nSPS) is 18.5. The molecule has 1 aliphatic carbocycles. The molecule has 0 aliphatic heterocycles. The highest BCUT2D eigenvalue weighted by Crippen LogP contribution is 2.27. The van der Waals surface area contributed by atoms with Crippen molar-refractivity contribution < 1.29 is 4.79 Å². The van der Waals surface area contributed by atoms with Gasteiger partial charge in [-0.15, -0.1) is 0 Å². The van der Waals surface area contributed by atoms with Gasteiger partial charge in [-0.25, -0.2) is 19.9 Å². The number of carbonyl (C=O) groups is 1. The van der Waals surface area contributed by atoms with E-state index in [1.165, 1.54) is 24.9 Å². The number of anilines is 2. The second kappa shape index (κ2) is 6.35. The average molecular weight is 308 g/mol. The third-order valence-electron chi connectivity index (χ3n) is 3.55. The molecule has 0 amide bonds. The Bertz CT molecular complexity index is 794. The van der Waals surface area contributed by atoms with Gasteiger partial charge in [0.25, 0.3) is 0 Å². The van der Waals surface area contributed by atoms with Crippen LogP contribution >= 0.6 is 0 Å². The van der Waals surface area contributed by atoms with Gasteiger partial charge < -0.3 is 11.5 Å². The summed E-state index contributed by atoms with van der Waals surface area (Å²) in [6.45, 7) is 0. The maximum atomic E-state index is 12.6. The minimum Gasteiger partial charge on any atom is -0.396 e. The first-order valence-electron chi connectivity index (χ1n) is 7.22. The van der Waals surface area contributed by atoms with Crippen molar-refractivity contribution in [2.45, 2.75) is 19.3 Å². The molecule has 1 saturated carbocycles. The quantitative estimate of drug-likeness (QED) is 0.809. The van der Waals surface area contributed by atoms with Crippen LogP contribution in [0.4, 0.5) is 11.4 Å². The molecule has 1 fully saturated rings. The number of nitrogens with zero attached hydrogens (tertiary/aromatic N) is 4. The SMILES string of the molecule is Nc1cnc(C=C2CCCC(=Cc3ncncc3N)C2=O)nc1. The van der Waals surface area contributed by atoms with Crippen LogP contribution in [0.15, 0.2) is 36.1 Å². The van der Waals surface area contributed by atoms with Crippen LogP contribution < -0.4 is 11.5 Å². The first-order chi connectivity index (χ1) is 11.1. The second-order valence-corrected chi connectivity index (χ2v) is 5.26. The summed E-state index contributed by atoms with van der Waals surface area (Å²) in [5, 5.41) is 0. The highest BCUT2D eigenvalue weighted by Gasteiger charge is 2.21. The molecule has 116 valence electrons. The van der Waals surface area contributed by atoms with Gasteiger partial charge in [0, 0.05) is 11.1 Å². The molecule has 7 nitrogen and oxygen atoms in total. The molecule has 0 atom stereocenters. The summed E-state index contributed by atoms with van der Waals surface area (Å²) < 4.78 is 0. The third kappa shape index (κ3) is 3.39. The van der Waals surface area contributed by atoms with Crippen molar-refractivity contribution >= 4 is 29.3 Å². The molecule has 0 unspecified atom stereocenters. The van der Waals surface area contributed by atoms with E-state index in [0.29, 0.717) is 46.9 Å². The lowest BCUT2D eigenvalue weighted by Gasteiger charge is -2.16. The highest BCUT2D eigenvalue weighted by molar-refractivity contribution is 6.13. The van der Waals surface area contributed by atoms with Crippen LogP contribution in [-0.4, -0.2) is 25.7 Å². The lowest BCUT2D eigenvalue weighted by atomic mass is 9.88. The highest BCUT2D eigenvalue weighted by atomic mass is 16.1. The number of carbonyl (C=O) groups excluding carboxylic acids is 1. The number of hydrogen-bond donors (Lipinski definition) is 2. The van der Waals surface area contributed by atoms with E-state index in [4.69, 9.17) is 11.5 Å². The van der Waals surface area contributed by atoms with Crippen molar-refractivity contribution in [3.8, 4) is 0 Å². The Hall–Kier alpha value is -3.09. The molecular formula is C16H16N6O. The minimum atomic E-state index is -0.0188. The van der Waals surface area contributed by atoms with E-state index in [1.807, 2.05) is 0 Å². The largest absolute Gasteiger partial charge is 0.396 e. The predicted molar refractivity (Wildman–Crippen MR) is 87.7 cm³/mol. The molecule has 2 heterocycles. The zero-order valence-corrected chi connectivity index (χ0v) is 12.4. The monoisotopic (exact) mass is 308 g/mol. The van der Waals surface area contributed by atoms with Gasteiger partial charge in [0.05, 0.1) is 35.7 Å². The number of ketones is 1. The number of rotatable bonds is 2. The average Bonchev–Trinajstić information content (AvgIpc) is 2.55. The molecule has 2 aromatic rings. The van der Waals surface area contributed by atoms with Gasteiger partial charge in [0.2, 0.25) is 0 Å². The van der Waals surface area contributed by atoms with Crippen LogP contribution in [0, 0.1) is 0 Å². The van der Waals surface area contributed by atoms with Crippen LogP contribution in [0.1, 0.15) is 30.8 Å². The summed E-state index contributed by atoms with van der Waals surface area (Å²) in [7, 11) is 0. The van der Waals surface area contributed by atoms with Gasteiger partial charge in [0.1, 0.15) is 6.33 Å². The van der Waals surface area contributed by atoms with E-state index < -0.39 is 0 Å².